The van der Waals surface area contributed by atoms with Gasteiger partial charge in [-0.15, -0.1) is 0 Å². The monoisotopic (exact) mass is 236 g/mol. The van der Waals surface area contributed by atoms with Crippen LogP contribution in [0, 0.1) is 0 Å². The molecule has 0 aliphatic carbocycles. The fourth-order valence-corrected chi connectivity index (χ4v) is 2.86. The molecule has 0 aliphatic heterocycles. The Hall–Kier alpha value is -1.09. The maximum Gasteiger partial charge on any atom is 0.303 e. The Morgan fingerprint density at radius 3 is 2.12 bits per heavy atom. The zero-order chi connectivity index (χ0) is 12.3. The fraction of sp³-hybridized carbons (Fsp3) is 0.462. The molecule has 0 unspecified atom stereocenters. The molecular formula is C13H20O2Si. The summed E-state index contributed by atoms with van der Waals surface area (Å²) in [5.41, 5.74) is 1.12. The SMILES string of the molecule is C[C@@H](CC(=O)O)c1ccc([Si](C)(C)C)cc1. The molecule has 0 fully saturated rings. The highest BCUT2D eigenvalue weighted by Crippen LogP contribution is 2.18. The third-order valence-corrected chi connectivity index (χ3v) is 4.89. The van der Waals surface area contributed by atoms with Gasteiger partial charge in [-0.25, -0.2) is 0 Å². The van der Waals surface area contributed by atoms with Crippen molar-refractivity contribution in [2.24, 2.45) is 0 Å². The Morgan fingerprint density at radius 2 is 1.75 bits per heavy atom. The molecule has 1 N–H and O–H groups in total. The van der Waals surface area contributed by atoms with Crippen molar-refractivity contribution in [3.8, 4) is 0 Å². The normalized spacial score (nSPS) is 13.5. The zero-order valence-corrected chi connectivity index (χ0v) is 11.4. The van der Waals surface area contributed by atoms with Gasteiger partial charge in [0, 0.05) is 0 Å². The van der Waals surface area contributed by atoms with Crippen molar-refractivity contribution >= 4 is 19.2 Å². The maximum atomic E-state index is 10.6. The van der Waals surface area contributed by atoms with Gasteiger partial charge in [0.05, 0.1) is 14.5 Å². The molecule has 1 rings (SSSR count). The molecule has 1 aromatic rings. The molecule has 3 heteroatoms. The van der Waals surface area contributed by atoms with Crippen molar-refractivity contribution in [3.63, 3.8) is 0 Å². The lowest BCUT2D eigenvalue weighted by Gasteiger charge is -2.18. The minimum atomic E-state index is -1.24. The molecule has 88 valence electrons. The molecule has 0 heterocycles. The first-order valence-corrected chi connectivity index (χ1v) is 9.13. The van der Waals surface area contributed by atoms with Crippen LogP contribution in [0.25, 0.3) is 0 Å². The van der Waals surface area contributed by atoms with Crippen molar-refractivity contribution in [1.29, 1.82) is 0 Å². The standard InChI is InChI=1S/C13H20O2Si/c1-10(9-13(14)15)11-5-7-12(8-6-11)16(2,3)4/h5-8,10H,9H2,1-4H3,(H,14,15)/t10-/m0/s1. The summed E-state index contributed by atoms with van der Waals surface area (Å²) >= 11 is 0. The van der Waals surface area contributed by atoms with Crippen LogP contribution in [-0.4, -0.2) is 19.1 Å². The maximum absolute atomic E-state index is 10.6. The van der Waals surface area contributed by atoms with E-state index in [0.29, 0.717) is 0 Å². The van der Waals surface area contributed by atoms with Crippen LogP contribution in [-0.2, 0) is 4.79 Å². The van der Waals surface area contributed by atoms with Gasteiger partial charge in [0.2, 0.25) is 0 Å². The predicted molar refractivity (Wildman–Crippen MR) is 70.1 cm³/mol. The molecule has 16 heavy (non-hydrogen) atoms. The molecule has 1 aromatic carbocycles. The Morgan fingerprint density at radius 1 is 1.25 bits per heavy atom. The topological polar surface area (TPSA) is 37.3 Å². The highest BCUT2D eigenvalue weighted by Gasteiger charge is 2.16. The number of carboxylic acid groups (broad SMARTS) is 1. The van der Waals surface area contributed by atoms with E-state index in [1.165, 1.54) is 5.19 Å². The van der Waals surface area contributed by atoms with Crippen molar-refractivity contribution in [3.05, 3.63) is 29.8 Å². The quantitative estimate of drug-likeness (QED) is 0.816. The van der Waals surface area contributed by atoms with E-state index in [9.17, 15) is 4.79 Å². The smallest absolute Gasteiger partial charge is 0.303 e. The van der Waals surface area contributed by atoms with E-state index >= 15 is 0 Å². The minimum Gasteiger partial charge on any atom is -0.481 e. The second-order valence-corrected chi connectivity index (χ2v) is 10.4. The summed E-state index contributed by atoms with van der Waals surface area (Å²) in [5.74, 6) is -0.644. The van der Waals surface area contributed by atoms with Crippen LogP contribution >= 0.6 is 0 Å². The van der Waals surface area contributed by atoms with Crippen LogP contribution in [0.2, 0.25) is 19.6 Å². The number of rotatable bonds is 4. The van der Waals surface area contributed by atoms with Gasteiger partial charge in [0.25, 0.3) is 0 Å². The van der Waals surface area contributed by atoms with Gasteiger partial charge in [-0.05, 0) is 11.5 Å². The molecule has 0 amide bonds. The van der Waals surface area contributed by atoms with Crippen LogP contribution in [0.1, 0.15) is 24.8 Å². The van der Waals surface area contributed by atoms with Gasteiger partial charge >= 0.3 is 5.97 Å². The second-order valence-electron chi connectivity index (χ2n) is 5.37. The van der Waals surface area contributed by atoms with Crippen molar-refractivity contribution in [1.82, 2.24) is 0 Å². The van der Waals surface area contributed by atoms with E-state index in [1.807, 2.05) is 6.92 Å². The van der Waals surface area contributed by atoms with Crippen LogP contribution in [0.15, 0.2) is 24.3 Å². The number of hydrogen-bond acceptors (Lipinski definition) is 1. The van der Waals surface area contributed by atoms with E-state index in [0.717, 1.165) is 5.56 Å². The van der Waals surface area contributed by atoms with Crippen molar-refractivity contribution < 1.29 is 9.90 Å². The second kappa shape index (κ2) is 4.83. The zero-order valence-electron chi connectivity index (χ0n) is 10.4. The van der Waals surface area contributed by atoms with E-state index in [-0.39, 0.29) is 12.3 Å². The molecular weight excluding hydrogens is 216 g/mol. The first kappa shape index (κ1) is 13.0. The largest absolute Gasteiger partial charge is 0.481 e. The number of aliphatic carboxylic acids is 1. The number of carboxylic acids is 1. The summed E-state index contributed by atoms with van der Waals surface area (Å²) in [6.07, 6.45) is 0.201. The fourth-order valence-electron chi connectivity index (χ4n) is 1.69. The lowest BCUT2D eigenvalue weighted by atomic mass is 9.98. The van der Waals surface area contributed by atoms with Gasteiger partial charge in [0.15, 0.2) is 0 Å². The number of hydrogen-bond donors (Lipinski definition) is 1. The molecule has 0 saturated carbocycles. The summed E-state index contributed by atoms with van der Waals surface area (Å²) < 4.78 is 0. The third-order valence-electron chi connectivity index (χ3n) is 2.83. The predicted octanol–water partition coefficient (Wildman–Crippen LogP) is 2.81. The van der Waals surface area contributed by atoms with Gasteiger partial charge in [-0.1, -0.05) is 56.0 Å². The van der Waals surface area contributed by atoms with Gasteiger partial charge in [0.1, 0.15) is 0 Å². The molecule has 0 radical (unpaired) electrons. The Balaban J connectivity index is 2.83. The lowest BCUT2D eigenvalue weighted by molar-refractivity contribution is -0.137. The number of carbonyl (C=O) groups is 1. The summed E-state index contributed by atoms with van der Waals surface area (Å²) in [7, 11) is -1.24. The average Bonchev–Trinajstić information content (AvgIpc) is 2.15. The highest BCUT2D eigenvalue weighted by atomic mass is 28.3. The van der Waals surface area contributed by atoms with Crippen LogP contribution < -0.4 is 5.19 Å². The Bertz CT molecular complexity index is 363. The summed E-state index contributed by atoms with van der Waals surface area (Å²) in [6, 6.07) is 8.45. The van der Waals surface area contributed by atoms with E-state index < -0.39 is 14.0 Å². The first-order valence-electron chi connectivity index (χ1n) is 5.63. The van der Waals surface area contributed by atoms with Crippen molar-refractivity contribution in [2.45, 2.75) is 38.9 Å². The molecule has 0 bridgehead atoms. The summed E-state index contributed by atoms with van der Waals surface area (Å²) in [6.45, 7) is 8.88. The Kier molecular flexibility index (Phi) is 3.91. The van der Waals surface area contributed by atoms with Crippen LogP contribution in [0.5, 0.6) is 0 Å². The molecule has 1 atom stereocenters. The van der Waals surface area contributed by atoms with Crippen LogP contribution in [0.3, 0.4) is 0 Å². The van der Waals surface area contributed by atoms with E-state index in [1.54, 1.807) is 0 Å². The van der Waals surface area contributed by atoms with E-state index in [4.69, 9.17) is 5.11 Å². The molecule has 0 aliphatic rings. The van der Waals surface area contributed by atoms with Gasteiger partial charge in [-0.2, -0.15) is 0 Å². The summed E-state index contributed by atoms with van der Waals surface area (Å²) in [5, 5.41) is 10.2. The molecule has 0 aromatic heterocycles. The van der Waals surface area contributed by atoms with Gasteiger partial charge in [-0.3, -0.25) is 4.79 Å². The van der Waals surface area contributed by atoms with Crippen LogP contribution in [0.4, 0.5) is 0 Å². The summed E-state index contributed by atoms with van der Waals surface area (Å²) in [4.78, 5) is 10.6. The van der Waals surface area contributed by atoms with Gasteiger partial charge < -0.3 is 5.11 Å². The highest BCUT2D eigenvalue weighted by molar-refractivity contribution is 6.88. The third kappa shape index (κ3) is 3.49. The molecule has 2 nitrogen and oxygen atoms in total. The molecule has 0 saturated heterocycles. The van der Waals surface area contributed by atoms with E-state index in [2.05, 4.69) is 43.9 Å². The average molecular weight is 236 g/mol. The Labute approximate surface area is 98.3 Å². The molecule has 0 spiro atoms. The first-order chi connectivity index (χ1) is 7.30. The number of benzene rings is 1. The van der Waals surface area contributed by atoms with Crippen molar-refractivity contribution in [2.75, 3.05) is 0 Å². The minimum absolute atomic E-state index is 0.0909. The lowest BCUT2D eigenvalue weighted by Crippen LogP contribution is -2.37.